The van der Waals surface area contributed by atoms with Crippen molar-refractivity contribution in [3.05, 3.63) is 29.8 Å². The molecule has 1 aromatic carbocycles. The predicted molar refractivity (Wildman–Crippen MR) is 80.2 cm³/mol. The molecule has 0 spiro atoms. The molecule has 7 heteroatoms. The topological polar surface area (TPSA) is 69.0 Å². The van der Waals surface area contributed by atoms with Gasteiger partial charge in [-0.15, -0.1) is 10.2 Å². The Bertz CT molecular complexity index is 671. The minimum absolute atomic E-state index is 0.110. The van der Waals surface area contributed by atoms with Gasteiger partial charge in [-0.3, -0.25) is 0 Å². The average molecular weight is 304 g/mol. The molecule has 1 N–H and O–H groups in total. The lowest BCUT2D eigenvalue weighted by Gasteiger charge is -2.07. The lowest BCUT2D eigenvalue weighted by Crippen LogP contribution is -2.17. The molecule has 21 heavy (non-hydrogen) atoms. The number of hydrogen-bond donors (Lipinski definition) is 1. The van der Waals surface area contributed by atoms with Crippen LogP contribution in [0.1, 0.15) is 5.56 Å². The molecule has 0 saturated carbocycles. The second-order valence-electron chi connectivity index (χ2n) is 4.95. The number of amides is 1. The molecule has 2 heterocycles. The number of ether oxygens (including phenoxy) is 1. The van der Waals surface area contributed by atoms with Crippen LogP contribution < -0.4 is 5.32 Å². The Morgan fingerprint density at radius 3 is 3.05 bits per heavy atom. The fourth-order valence-electron chi connectivity index (χ4n) is 2.17. The highest BCUT2D eigenvalue weighted by molar-refractivity contribution is 7.99. The van der Waals surface area contributed by atoms with Gasteiger partial charge >= 0.3 is 6.09 Å². The Labute approximate surface area is 126 Å². The van der Waals surface area contributed by atoms with E-state index in [4.69, 9.17) is 4.74 Å². The molecule has 6 nitrogen and oxygen atoms in total. The van der Waals surface area contributed by atoms with Crippen LogP contribution in [0.2, 0.25) is 0 Å². The predicted octanol–water partition coefficient (Wildman–Crippen LogP) is 1.99. The smallest absolute Gasteiger partial charge is 0.407 e. The van der Waals surface area contributed by atoms with Crippen LogP contribution in [0.3, 0.4) is 0 Å². The number of nitrogens with zero attached hydrogens (tertiary/aromatic N) is 3. The van der Waals surface area contributed by atoms with Gasteiger partial charge in [0.25, 0.3) is 0 Å². The SMILES string of the molecule is Cc1cccc(-c2nnc(SCC3CNC(=O)O3)n2C)c1. The van der Waals surface area contributed by atoms with Gasteiger partial charge in [-0.1, -0.05) is 35.5 Å². The van der Waals surface area contributed by atoms with E-state index in [1.165, 1.54) is 17.3 Å². The Morgan fingerprint density at radius 2 is 2.33 bits per heavy atom. The van der Waals surface area contributed by atoms with E-state index < -0.39 is 0 Å². The Balaban J connectivity index is 1.72. The van der Waals surface area contributed by atoms with Crippen molar-refractivity contribution in [2.45, 2.75) is 18.2 Å². The molecule has 3 rings (SSSR count). The summed E-state index contributed by atoms with van der Waals surface area (Å²) in [4.78, 5) is 11.0. The molecule has 1 aliphatic heterocycles. The van der Waals surface area contributed by atoms with Gasteiger partial charge in [0.2, 0.25) is 0 Å². The molecule has 0 radical (unpaired) electrons. The number of carbonyl (C=O) groups excluding carboxylic acids is 1. The number of thioether (sulfide) groups is 1. The summed E-state index contributed by atoms with van der Waals surface area (Å²) in [6.07, 6.45) is -0.458. The zero-order chi connectivity index (χ0) is 14.8. The van der Waals surface area contributed by atoms with Gasteiger partial charge in [0.15, 0.2) is 11.0 Å². The van der Waals surface area contributed by atoms with E-state index in [1.807, 2.05) is 23.7 Å². The van der Waals surface area contributed by atoms with E-state index in [2.05, 4.69) is 34.6 Å². The van der Waals surface area contributed by atoms with E-state index >= 15 is 0 Å². The van der Waals surface area contributed by atoms with Crippen LogP contribution in [-0.2, 0) is 11.8 Å². The number of aryl methyl sites for hydroxylation is 1. The molecule has 110 valence electrons. The molecule has 1 aliphatic rings. The number of hydrogen-bond acceptors (Lipinski definition) is 5. The van der Waals surface area contributed by atoms with Gasteiger partial charge < -0.3 is 14.6 Å². The van der Waals surface area contributed by atoms with Gasteiger partial charge in [0.1, 0.15) is 6.10 Å². The van der Waals surface area contributed by atoms with Crippen molar-refractivity contribution in [2.75, 3.05) is 12.3 Å². The molecule has 1 unspecified atom stereocenters. The summed E-state index contributed by atoms with van der Waals surface area (Å²) in [5.41, 5.74) is 2.24. The Hall–Kier alpha value is -2.02. The quantitative estimate of drug-likeness (QED) is 0.875. The number of aromatic nitrogens is 3. The van der Waals surface area contributed by atoms with Crippen molar-refractivity contribution in [1.82, 2.24) is 20.1 Å². The highest BCUT2D eigenvalue weighted by Crippen LogP contribution is 2.24. The summed E-state index contributed by atoms with van der Waals surface area (Å²) < 4.78 is 7.06. The minimum atomic E-state index is -0.348. The van der Waals surface area contributed by atoms with Crippen LogP contribution >= 0.6 is 11.8 Å². The van der Waals surface area contributed by atoms with Crippen molar-refractivity contribution in [1.29, 1.82) is 0 Å². The fraction of sp³-hybridized carbons (Fsp3) is 0.357. The van der Waals surface area contributed by atoms with Gasteiger partial charge in [0, 0.05) is 18.4 Å². The molecule has 1 amide bonds. The summed E-state index contributed by atoms with van der Waals surface area (Å²) in [7, 11) is 1.94. The first-order valence-electron chi connectivity index (χ1n) is 6.67. The van der Waals surface area contributed by atoms with Crippen molar-refractivity contribution in [3.8, 4) is 11.4 Å². The molecular weight excluding hydrogens is 288 g/mol. The van der Waals surface area contributed by atoms with Gasteiger partial charge in [-0.05, 0) is 13.0 Å². The zero-order valence-electron chi connectivity index (χ0n) is 11.9. The second-order valence-corrected chi connectivity index (χ2v) is 5.94. The summed E-state index contributed by atoms with van der Waals surface area (Å²) in [5, 5.41) is 11.9. The van der Waals surface area contributed by atoms with Gasteiger partial charge in [-0.25, -0.2) is 4.79 Å². The van der Waals surface area contributed by atoms with Gasteiger partial charge in [-0.2, -0.15) is 0 Å². The summed E-state index contributed by atoms with van der Waals surface area (Å²) in [6, 6.07) is 8.17. The number of cyclic esters (lactones) is 1. The lowest BCUT2D eigenvalue weighted by atomic mass is 10.1. The fourth-order valence-corrected chi connectivity index (χ4v) is 3.07. The Morgan fingerprint density at radius 1 is 1.48 bits per heavy atom. The van der Waals surface area contributed by atoms with Crippen LogP contribution in [0, 0.1) is 6.92 Å². The molecule has 0 bridgehead atoms. The van der Waals surface area contributed by atoms with E-state index in [1.54, 1.807) is 0 Å². The van der Waals surface area contributed by atoms with Crippen molar-refractivity contribution in [3.63, 3.8) is 0 Å². The highest BCUT2D eigenvalue weighted by atomic mass is 32.2. The molecule has 1 fully saturated rings. The number of benzene rings is 1. The van der Waals surface area contributed by atoms with Crippen molar-refractivity contribution < 1.29 is 9.53 Å². The highest BCUT2D eigenvalue weighted by Gasteiger charge is 2.23. The van der Waals surface area contributed by atoms with Crippen LogP contribution in [0.25, 0.3) is 11.4 Å². The lowest BCUT2D eigenvalue weighted by molar-refractivity contribution is 0.150. The largest absolute Gasteiger partial charge is 0.443 e. The van der Waals surface area contributed by atoms with Crippen LogP contribution in [0.5, 0.6) is 0 Å². The first kappa shape index (κ1) is 13.9. The van der Waals surface area contributed by atoms with Crippen LogP contribution in [-0.4, -0.2) is 39.3 Å². The molecule has 2 aromatic rings. The second kappa shape index (κ2) is 5.77. The van der Waals surface area contributed by atoms with Crippen LogP contribution in [0.4, 0.5) is 4.79 Å². The number of carbonyl (C=O) groups is 1. The third-order valence-corrected chi connectivity index (χ3v) is 4.41. The standard InChI is InChI=1S/C14H16N4O2S/c1-9-4-3-5-10(6-9)12-16-17-13(18(12)2)21-8-11-7-15-14(19)20-11/h3-6,11H,7-8H2,1-2H3,(H,15,19). The molecule has 1 saturated heterocycles. The minimum Gasteiger partial charge on any atom is -0.443 e. The molecule has 1 aromatic heterocycles. The first-order chi connectivity index (χ1) is 10.1. The van der Waals surface area contributed by atoms with Crippen molar-refractivity contribution in [2.24, 2.45) is 7.05 Å². The maximum absolute atomic E-state index is 11.0. The van der Waals surface area contributed by atoms with E-state index in [0.717, 1.165) is 16.5 Å². The molecular formula is C14H16N4O2S. The summed E-state index contributed by atoms with van der Waals surface area (Å²) >= 11 is 1.54. The first-order valence-corrected chi connectivity index (χ1v) is 7.66. The normalized spacial score (nSPS) is 17.6. The third-order valence-electron chi connectivity index (χ3n) is 3.26. The summed E-state index contributed by atoms with van der Waals surface area (Å²) in [6.45, 7) is 2.60. The van der Waals surface area contributed by atoms with E-state index in [9.17, 15) is 4.79 Å². The van der Waals surface area contributed by atoms with E-state index in [0.29, 0.717) is 12.3 Å². The molecule has 1 atom stereocenters. The van der Waals surface area contributed by atoms with Crippen LogP contribution in [0.15, 0.2) is 29.4 Å². The average Bonchev–Trinajstić information content (AvgIpc) is 3.03. The van der Waals surface area contributed by atoms with Crippen molar-refractivity contribution >= 4 is 17.9 Å². The zero-order valence-corrected chi connectivity index (χ0v) is 12.7. The third kappa shape index (κ3) is 3.02. The van der Waals surface area contributed by atoms with E-state index in [-0.39, 0.29) is 12.2 Å². The monoisotopic (exact) mass is 304 g/mol. The maximum atomic E-state index is 11.0. The summed E-state index contributed by atoms with van der Waals surface area (Å²) in [5.74, 6) is 1.50. The number of rotatable bonds is 4. The van der Waals surface area contributed by atoms with Gasteiger partial charge in [0.05, 0.1) is 6.54 Å². The maximum Gasteiger partial charge on any atom is 0.407 e. The number of nitrogens with one attached hydrogen (secondary N) is 1. The Kier molecular flexibility index (Phi) is 3.83. The molecule has 0 aliphatic carbocycles. The number of alkyl carbamates (subject to hydrolysis) is 1.